The van der Waals surface area contributed by atoms with Crippen LogP contribution >= 0.6 is 92.8 Å². The van der Waals surface area contributed by atoms with Gasteiger partial charge in [-0.25, -0.2) is 0 Å². The smallest absolute Gasteiger partial charge is 0.258 e. The van der Waals surface area contributed by atoms with E-state index in [0.29, 0.717) is 10.0 Å². The topological polar surface area (TPSA) is 200 Å². The fourth-order valence-corrected chi connectivity index (χ4v) is 6.65. The van der Waals surface area contributed by atoms with Gasteiger partial charge in [-0.1, -0.05) is 92.8 Å². The average Bonchev–Trinajstić information content (AvgIpc) is 3.20. The molecular weight excluding hydrogens is 972 g/mol. The number of hydrogen-bond donors (Lipinski definition) is 4. The zero-order valence-corrected chi connectivity index (χ0v) is 37.5. The van der Waals surface area contributed by atoms with Gasteiger partial charge in [-0.15, -0.1) is 0 Å². The van der Waals surface area contributed by atoms with Crippen LogP contribution in [0.1, 0.15) is 34.6 Å². The van der Waals surface area contributed by atoms with Gasteiger partial charge in [0.2, 0.25) is 12.1 Å². The van der Waals surface area contributed by atoms with Gasteiger partial charge in [-0.3, -0.25) is 28.8 Å². The number of ketones is 2. The normalized spacial score (nSPS) is 12.2. The summed E-state index contributed by atoms with van der Waals surface area (Å²) in [7, 11) is 0. The highest BCUT2D eigenvalue weighted by molar-refractivity contribution is 6.41. The van der Waals surface area contributed by atoms with E-state index >= 15 is 0 Å². The van der Waals surface area contributed by atoms with Crippen LogP contribution in [0, 0.1) is 0 Å². The molecule has 0 heterocycles. The van der Waals surface area contributed by atoms with Crippen LogP contribution in [0.15, 0.2) is 105 Å². The molecule has 0 bridgehead atoms. The molecule has 5 rings (SSSR count). The molecule has 0 aliphatic heterocycles. The Kier molecular flexibility index (Phi) is 16.4. The summed E-state index contributed by atoms with van der Waals surface area (Å²) < 4.78 is 0. The zero-order valence-electron chi connectivity index (χ0n) is 31.5. The third-order valence-corrected chi connectivity index (χ3v) is 10.5. The van der Waals surface area contributed by atoms with Gasteiger partial charge < -0.3 is 21.3 Å². The minimum atomic E-state index is -1.73. The van der Waals surface area contributed by atoms with Crippen molar-refractivity contribution in [3.8, 4) is 0 Å². The molecule has 0 spiro atoms. The van der Waals surface area contributed by atoms with E-state index in [2.05, 4.69) is 41.7 Å². The number of benzene rings is 5. The second-order valence-electron chi connectivity index (χ2n) is 12.7. The summed E-state index contributed by atoms with van der Waals surface area (Å²) in [5.74, 6) is -4.56. The van der Waals surface area contributed by atoms with E-state index in [9.17, 15) is 28.8 Å². The van der Waals surface area contributed by atoms with Crippen LogP contribution < -0.4 is 21.3 Å². The molecule has 0 aliphatic carbocycles. The predicted octanol–water partition coefficient (Wildman–Crippen LogP) is 12.8. The van der Waals surface area contributed by atoms with Gasteiger partial charge in [-0.05, 0) is 98.8 Å². The fourth-order valence-electron chi connectivity index (χ4n) is 5.08. The van der Waals surface area contributed by atoms with E-state index in [1.165, 1.54) is 72.8 Å². The molecule has 2 atom stereocenters. The number of amides is 4. The van der Waals surface area contributed by atoms with Gasteiger partial charge in [0.25, 0.3) is 23.6 Å². The van der Waals surface area contributed by atoms with Crippen LogP contribution in [0.3, 0.4) is 0 Å². The number of halogens is 8. The van der Waals surface area contributed by atoms with Gasteiger partial charge in [0.05, 0.1) is 47.2 Å². The van der Waals surface area contributed by atoms with Crippen molar-refractivity contribution in [1.29, 1.82) is 0 Å². The Hall–Kier alpha value is -5.16. The summed E-state index contributed by atoms with van der Waals surface area (Å²) in [6.45, 7) is 2.19. The molecule has 318 valence electrons. The molecule has 4 N–H and O–H groups in total. The maximum Gasteiger partial charge on any atom is 0.258 e. The van der Waals surface area contributed by atoms with Crippen molar-refractivity contribution in [3.05, 3.63) is 136 Å². The van der Waals surface area contributed by atoms with E-state index in [1.54, 1.807) is 12.1 Å². The quantitative estimate of drug-likeness (QED) is 0.0630. The molecule has 4 amide bonds. The SMILES string of the molecule is CC(=O)C(N=Nc1cc(C(=O)Nc2cc(Cl)ccc2Cl)ccc1Cl)C(=O)Nc1cc(Cl)c(NC(=O)C(N=Nc2cc(C(=O)Nc3cc(Cl)ccc3Cl)ccc2Cl)C(C)=O)c(Cl)c1. The molecule has 0 saturated carbocycles. The van der Waals surface area contributed by atoms with E-state index in [0.717, 1.165) is 13.8 Å². The fraction of sp³-hybridized carbons (Fsp3) is 0.100. The Balaban J connectivity index is 1.27. The second kappa shape index (κ2) is 21.3. The molecule has 2 unspecified atom stereocenters. The molecule has 0 fully saturated rings. The molecule has 5 aromatic carbocycles. The molecule has 5 aromatic rings. The van der Waals surface area contributed by atoms with Crippen LogP contribution in [-0.2, 0) is 19.2 Å². The van der Waals surface area contributed by atoms with E-state index in [4.69, 9.17) is 92.8 Å². The van der Waals surface area contributed by atoms with Gasteiger partial charge in [0.1, 0.15) is 11.4 Å². The molecule has 62 heavy (non-hydrogen) atoms. The van der Waals surface area contributed by atoms with E-state index < -0.39 is 47.3 Å². The van der Waals surface area contributed by atoms with Crippen LogP contribution in [0.25, 0.3) is 0 Å². The number of azo groups is 2. The summed E-state index contributed by atoms with van der Waals surface area (Å²) >= 11 is 49.8. The lowest BCUT2D eigenvalue weighted by molar-refractivity contribution is -0.127. The first-order valence-corrected chi connectivity index (χ1v) is 20.4. The standard InChI is InChI=1S/C40H26Cl8N8O6/c1-17(57)34(55-53-32-11-19(3-7-26(32)45)37(59)50-30-13-21(41)5-9-24(30)43)39(61)49-23-15-28(47)36(29(48)16-23)52-40(62)35(18(2)58)56-54-33-12-20(4-8-27(33)46)38(60)51-31-14-22(42)6-10-25(31)44/h3-16,34-35H,1-2H3,(H,49,61)(H,50,59)(H,51,60)(H,52,62). The Morgan fingerprint density at radius 3 is 1.24 bits per heavy atom. The zero-order chi connectivity index (χ0) is 45.4. The highest BCUT2D eigenvalue weighted by Gasteiger charge is 2.27. The molecule has 0 aliphatic rings. The summed E-state index contributed by atoms with van der Waals surface area (Å²) in [6, 6.07) is 16.2. The Morgan fingerprint density at radius 2 is 0.839 bits per heavy atom. The van der Waals surface area contributed by atoms with E-state index in [-0.39, 0.29) is 75.4 Å². The number of carbonyl (C=O) groups is 6. The van der Waals surface area contributed by atoms with Crippen molar-refractivity contribution in [1.82, 2.24) is 0 Å². The highest BCUT2D eigenvalue weighted by atomic mass is 35.5. The Labute approximate surface area is 392 Å². The number of Topliss-reactive ketones (excluding diaryl/α,β-unsaturated/α-hetero) is 2. The van der Waals surface area contributed by atoms with Crippen LogP contribution in [0.5, 0.6) is 0 Å². The first kappa shape index (κ1) is 47.9. The number of nitrogens with zero attached hydrogens (tertiary/aromatic N) is 4. The Bertz CT molecular complexity index is 2690. The summed E-state index contributed by atoms with van der Waals surface area (Å²) in [5.41, 5.74) is 0.430. The van der Waals surface area contributed by atoms with Crippen molar-refractivity contribution in [3.63, 3.8) is 0 Å². The summed E-state index contributed by atoms with van der Waals surface area (Å²) in [4.78, 5) is 77.6. The number of rotatable bonds is 14. The van der Waals surface area contributed by atoms with Gasteiger partial charge >= 0.3 is 0 Å². The lowest BCUT2D eigenvalue weighted by Gasteiger charge is -2.15. The summed E-state index contributed by atoms with van der Waals surface area (Å²) in [5, 5.41) is 26.7. The maximum absolute atomic E-state index is 13.3. The third-order valence-electron chi connectivity index (χ3n) is 8.16. The average molecular weight is 998 g/mol. The van der Waals surface area contributed by atoms with Gasteiger partial charge in [-0.2, -0.15) is 20.5 Å². The first-order chi connectivity index (χ1) is 29.3. The number of nitrogens with one attached hydrogen (secondary N) is 4. The minimum Gasteiger partial charge on any atom is -0.324 e. The second-order valence-corrected chi connectivity index (χ2v) is 16.1. The number of anilines is 4. The van der Waals surface area contributed by atoms with Crippen molar-refractivity contribution in [2.24, 2.45) is 20.5 Å². The monoisotopic (exact) mass is 994 g/mol. The van der Waals surface area contributed by atoms with Crippen molar-refractivity contribution in [2.75, 3.05) is 21.3 Å². The lowest BCUT2D eigenvalue weighted by Crippen LogP contribution is -2.32. The third kappa shape index (κ3) is 12.5. The van der Waals surface area contributed by atoms with Crippen LogP contribution in [0.4, 0.5) is 34.1 Å². The Morgan fingerprint density at radius 1 is 0.452 bits per heavy atom. The maximum atomic E-state index is 13.3. The van der Waals surface area contributed by atoms with Crippen LogP contribution in [-0.4, -0.2) is 47.3 Å². The molecule has 0 radical (unpaired) electrons. The molecule has 22 heteroatoms. The summed E-state index contributed by atoms with van der Waals surface area (Å²) in [6.07, 6.45) is 0. The van der Waals surface area contributed by atoms with Crippen molar-refractivity contribution >= 4 is 162 Å². The number of carbonyl (C=O) groups excluding carboxylic acids is 6. The van der Waals surface area contributed by atoms with E-state index in [1.807, 2.05) is 0 Å². The van der Waals surface area contributed by atoms with Crippen molar-refractivity contribution in [2.45, 2.75) is 25.9 Å². The first-order valence-electron chi connectivity index (χ1n) is 17.4. The van der Waals surface area contributed by atoms with Crippen LogP contribution in [0.2, 0.25) is 40.2 Å². The minimum absolute atomic E-state index is 0.0141. The number of hydrogen-bond acceptors (Lipinski definition) is 10. The van der Waals surface area contributed by atoms with Gasteiger partial charge in [0, 0.05) is 26.9 Å². The van der Waals surface area contributed by atoms with Gasteiger partial charge in [0.15, 0.2) is 11.6 Å². The highest BCUT2D eigenvalue weighted by Crippen LogP contribution is 2.35. The van der Waals surface area contributed by atoms with Crippen molar-refractivity contribution < 1.29 is 28.8 Å². The molecular formula is C40H26Cl8N8O6. The lowest BCUT2D eigenvalue weighted by atomic mass is 10.1. The molecule has 0 saturated heterocycles. The molecule has 14 nitrogen and oxygen atoms in total. The largest absolute Gasteiger partial charge is 0.324 e. The predicted molar refractivity (Wildman–Crippen MR) is 243 cm³/mol. The molecule has 0 aromatic heterocycles.